The van der Waals surface area contributed by atoms with Crippen molar-refractivity contribution in [2.45, 2.75) is 11.8 Å². The van der Waals surface area contributed by atoms with E-state index >= 15 is 0 Å². The van der Waals surface area contributed by atoms with Gasteiger partial charge in [0.05, 0.1) is 0 Å². The SMILES string of the molecule is C/C(N)=N\S(=O)(=O)c1ccc(Cl)nc1Cl. The first kappa shape index (κ1) is 12.2. The topological polar surface area (TPSA) is 85.4 Å². The molecule has 1 rings (SSSR count). The van der Waals surface area contributed by atoms with Crippen LogP contribution in [0, 0.1) is 0 Å². The van der Waals surface area contributed by atoms with Crippen LogP contribution in [-0.2, 0) is 10.0 Å². The van der Waals surface area contributed by atoms with Crippen LogP contribution in [0.25, 0.3) is 0 Å². The van der Waals surface area contributed by atoms with E-state index in [0.29, 0.717) is 0 Å². The lowest BCUT2D eigenvalue weighted by Gasteiger charge is -2.01. The van der Waals surface area contributed by atoms with E-state index < -0.39 is 10.0 Å². The van der Waals surface area contributed by atoms with Crippen molar-refractivity contribution in [3.8, 4) is 0 Å². The molecule has 0 fully saturated rings. The van der Waals surface area contributed by atoms with Crippen LogP contribution < -0.4 is 5.73 Å². The molecule has 1 aromatic heterocycles. The van der Waals surface area contributed by atoms with Gasteiger partial charge in [0.1, 0.15) is 15.9 Å². The molecule has 0 spiro atoms. The molecule has 1 aromatic rings. The fourth-order valence-electron chi connectivity index (χ4n) is 0.831. The number of pyridine rings is 1. The number of hydrogen-bond donors (Lipinski definition) is 1. The van der Waals surface area contributed by atoms with E-state index in [1.54, 1.807) is 0 Å². The number of rotatable bonds is 2. The first-order valence-corrected chi connectivity index (χ1v) is 5.91. The third-order valence-electron chi connectivity index (χ3n) is 1.32. The van der Waals surface area contributed by atoms with Crippen molar-refractivity contribution in [2.24, 2.45) is 10.1 Å². The minimum Gasteiger partial charge on any atom is -0.387 e. The molecule has 1 heterocycles. The summed E-state index contributed by atoms with van der Waals surface area (Å²) >= 11 is 11.1. The molecular weight excluding hydrogens is 261 g/mol. The van der Waals surface area contributed by atoms with Gasteiger partial charge in [-0.25, -0.2) is 4.98 Å². The molecule has 0 saturated heterocycles. The fraction of sp³-hybridized carbons (Fsp3) is 0.143. The van der Waals surface area contributed by atoms with Gasteiger partial charge in [-0.15, -0.1) is 4.40 Å². The molecule has 2 N–H and O–H groups in total. The van der Waals surface area contributed by atoms with Gasteiger partial charge in [0.25, 0.3) is 10.0 Å². The van der Waals surface area contributed by atoms with Crippen molar-refractivity contribution in [1.82, 2.24) is 4.98 Å². The Bertz CT molecular complexity index is 509. The standard InChI is InChI=1S/C7H7Cl2N3O2S/c1-4(10)12-15(13,14)5-2-3-6(8)11-7(5)9/h2-3H,1H3,(H2,10,12). The number of sulfonamides is 1. The molecule has 0 aromatic carbocycles. The molecule has 0 unspecified atom stereocenters. The smallest absolute Gasteiger partial charge is 0.286 e. The summed E-state index contributed by atoms with van der Waals surface area (Å²) in [4.78, 5) is 3.37. The Morgan fingerprint density at radius 3 is 2.53 bits per heavy atom. The van der Waals surface area contributed by atoms with E-state index in [1.165, 1.54) is 19.1 Å². The van der Waals surface area contributed by atoms with Crippen LogP contribution in [-0.4, -0.2) is 19.2 Å². The monoisotopic (exact) mass is 267 g/mol. The van der Waals surface area contributed by atoms with Gasteiger partial charge in [-0.2, -0.15) is 8.42 Å². The molecule has 0 radical (unpaired) electrons. The summed E-state index contributed by atoms with van der Waals surface area (Å²) in [5, 5.41) is -0.125. The normalized spacial score (nSPS) is 12.9. The maximum atomic E-state index is 11.5. The van der Waals surface area contributed by atoms with Gasteiger partial charge in [-0.1, -0.05) is 23.2 Å². The Hall–Kier alpha value is -0.850. The molecule has 0 atom stereocenters. The molecule has 0 aliphatic carbocycles. The largest absolute Gasteiger partial charge is 0.387 e. The van der Waals surface area contributed by atoms with E-state index in [2.05, 4.69) is 9.38 Å². The van der Waals surface area contributed by atoms with Gasteiger partial charge in [0.2, 0.25) is 0 Å². The van der Waals surface area contributed by atoms with Crippen molar-refractivity contribution in [3.63, 3.8) is 0 Å². The lowest BCUT2D eigenvalue weighted by molar-refractivity contribution is 0.597. The number of nitrogens with zero attached hydrogens (tertiary/aromatic N) is 2. The highest BCUT2D eigenvalue weighted by Crippen LogP contribution is 2.22. The summed E-state index contributed by atoms with van der Waals surface area (Å²) in [6.45, 7) is 1.36. The van der Waals surface area contributed by atoms with Crippen LogP contribution in [0.5, 0.6) is 0 Å². The number of aromatic nitrogens is 1. The zero-order valence-corrected chi connectivity index (χ0v) is 9.94. The second-order valence-corrected chi connectivity index (χ2v) is 4.95. The summed E-state index contributed by atoms with van der Waals surface area (Å²) < 4.78 is 26.3. The Morgan fingerprint density at radius 2 is 2.07 bits per heavy atom. The van der Waals surface area contributed by atoms with Gasteiger partial charge in [-0.3, -0.25) is 0 Å². The van der Waals surface area contributed by atoms with Crippen LogP contribution in [0.15, 0.2) is 21.4 Å². The number of amidine groups is 1. The third-order valence-corrected chi connectivity index (χ3v) is 3.35. The maximum Gasteiger partial charge on any atom is 0.286 e. The second-order valence-electron chi connectivity index (χ2n) is 2.63. The van der Waals surface area contributed by atoms with Crippen molar-refractivity contribution >= 4 is 39.1 Å². The summed E-state index contributed by atoms with van der Waals surface area (Å²) in [6, 6.07) is 2.53. The quantitative estimate of drug-likeness (QED) is 0.499. The predicted octanol–water partition coefficient (Wildman–Crippen LogP) is 1.45. The van der Waals surface area contributed by atoms with E-state index in [1.807, 2.05) is 0 Å². The zero-order chi connectivity index (χ0) is 11.6. The average molecular weight is 268 g/mol. The Kier molecular flexibility index (Phi) is 3.54. The first-order chi connectivity index (χ1) is 6.83. The molecule has 0 saturated carbocycles. The minimum atomic E-state index is -3.90. The lowest BCUT2D eigenvalue weighted by Crippen LogP contribution is -2.10. The van der Waals surface area contributed by atoms with Crippen molar-refractivity contribution < 1.29 is 8.42 Å². The Morgan fingerprint density at radius 1 is 1.47 bits per heavy atom. The molecule has 0 aliphatic heterocycles. The Balaban J connectivity index is 3.35. The first-order valence-electron chi connectivity index (χ1n) is 3.72. The van der Waals surface area contributed by atoms with Gasteiger partial charge >= 0.3 is 0 Å². The van der Waals surface area contributed by atoms with Crippen molar-refractivity contribution in [1.29, 1.82) is 0 Å². The lowest BCUT2D eigenvalue weighted by atomic mass is 10.5. The predicted molar refractivity (Wildman–Crippen MR) is 58.7 cm³/mol. The molecular formula is C7H7Cl2N3O2S. The van der Waals surface area contributed by atoms with Gasteiger partial charge in [-0.05, 0) is 19.1 Å². The molecule has 0 bridgehead atoms. The van der Waals surface area contributed by atoms with E-state index in [-0.39, 0.29) is 21.0 Å². The minimum absolute atomic E-state index is 0.0824. The summed E-state index contributed by atoms with van der Waals surface area (Å²) in [5.74, 6) is -0.0824. The molecule has 0 aliphatic rings. The molecule has 82 valence electrons. The highest BCUT2D eigenvalue weighted by molar-refractivity contribution is 7.90. The van der Waals surface area contributed by atoms with Crippen molar-refractivity contribution in [2.75, 3.05) is 0 Å². The summed E-state index contributed by atoms with van der Waals surface area (Å²) in [6.07, 6.45) is 0. The highest BCUT2D eigenvalue weighted by Gasteiger charge is 2.18. The van der Waals surface area contributed by atoms with Crippen LogP contribution in [0.4, 0.5) is 0 Å². The third kappa shape index (κ3) is 3.05. The van der Waals surface area contributed by atoms with Crippen LogP contribution in [0.1, 0.15) is 6.92 Å². The molecule has 5 nitrogen and oxygen atoms in total. The Labute approximate surface area is 97.0 Å². The summed E-state index contributed by atoms with van der Waals surface area (Å²) in [7, 11) is -3.90. The van der Waals surface area contributed by atoms with Crippen molar-refractivity contribution in [3.05, 3.63) is 22.4 Å². The van der Waals surface area contributed by atoms with E-state index in [9.17, 15) is 8.42 Å². The van der Waals surface area contributed by atoms with E-state index in [4.69, 9.17) is 28.9 Å². The van der Waals surface area contributed by atoms with Crippen LogP contribution >= 0.6 is 23.2 Å². The second kappa shape index (κ2) is 4.34. The van der Waals surface area contributed by atoms with Crippen LogP contribution in [0.3, 0.4) is 0 Å². The molecule has 0 amide bonds. The van der Waals surface area contributed by atoms with Gasteiger partial charge in [0.15, 0.2) is 5.15 Å². The zero-order valence-electron chi connectivity index (χ0n) is 7.61. The fourth-order valence-corrected chi connectivity index (χ4v) is 2.44. The van der Waals surface area contributed by atoms with Crippen LogP contribution in [0.2, 0.25) is 10.3 Å². The maximum absolute atomic E-state index is 11.5. The average Bonchev–Trinajstić information content (AvgIpc) is 1.99. The number of nitrogens with two attached hydrogens (primary N) is 1. The van der Waals surface area contributed by atoms with E-state index in [0.717, 1.165) is 0 Å². The molecule has 15 heavy (non-hydrogen) atoms. The number of halogens is 2. The van der Waals surface area contributed by atoms with Gasteiger partial charge in [0, 0.05) is 0 Å². The molecule has 8 heteroatoms. The summed E-state index contributed by atoms with van der Waals surface area (Å²) in [5.41, 5.74) is 5.18. The highest BCUT2D eigenvalue weighted by atomic mass is 35.5. The van der Waals surface area contributed by atoms with Gasteiger partial charge < -0.3 is 5.73 Å². The number of hydrogen-bond acceptors (Lipinski definition) is 3.